The van der Waals surface area contributed by atoms with Gasteiger partial charge in [-0.25, -0.2) is 9.78 Å². The number of aryl methyl sites for hydroxylation is 2. The van der Waals surface area contributed by atoms with Crippen molar-refractivity contribution in [1.82, 2.24) is 10.3 Å². The predicted molar refractivity (Wildman–Crippen MR) is 157 cm³/mol. The summed E-state index contributed by atoms with van der Waals surface area (Å²) in [5.41, 5.74) is 4.16. The minimum absolute atomic E-state index is 0.0228. The van der Waals surface area contributed by atoms with E-state index < -0.39 is 12.0 Å². The van der Waals surface area contributed by atoms with Gasteiger partial charge in [0.1, 0.15) is 6.04 Å². The van der Waals surface area contributed by atoms with Gasteiger partial charge in [0.2, 0.25) is 0 Å². The molecule has 0 bridgehead atoms. The third-order valence-corrected chi connectivity index (χ3v) is 8.32. The highest BCUT2D eigenvalue weighted by Crippen LogP contribution is 2.32. The number of thioether (sulfide) groups is 1. The molecular formula is C30H38N2O4S2. The first kappa shape index (κ1) is 29.9. The topological polar surface area (TPSA) is 88.5 Å². The summed E-state index contributed by atoms with van der Waals surface area (Å²) in [4.78, 5) is 30.7. The van der Waals surface area contributed by atoms with E-state index in [1.807, 2.05) is 55.8 Å². The Bertz CT molecular complexity index is 1210. The zero-order valence-electron chi connectivity index (χ0n) is 22.7. The highest BCUT2D eigenvalue weighted by Gasteiger charge is 2.23. The Hall–Kier alpha value is -2.68. The highest BCUT2D eigenvalue weighted by atomic mass is 32.2. The van der Waals surface area contributed by atoms with Gasteiger partial charge >= 0.3 is 5.97 Å². The number of unbranched alkanes of at least 4 members (excludes halogenated alkanes) is 1. The number of hydrogen-bond donors (Lipinski definition) is 2. The Balaban J connectivity index is 1.89. The number of hydrogen-bond acceptors (Lipinski definition) is 6. The number of ether oxygens (including phenoxy) is 1. The van der Waals surface area contributed by atoms with Crippen LogP contribution in [0, 0.1) is 6.92 Å². The van der Waals surface area contributed by atoms with Gasteiger partial charge in [-0.15, -0.1) is 11.3 Å². The van der Waals surface area contributed by atoms with Crippen molar-refractivity contribution in [2.24, 2.45) is 0 Å². The molecule has 204 valence electrons. The van der Waals surface area contributed by atoms with Crippen LogP contribution in [0.5, 0.6) is 0 Å². The fraction of sp³-hybridized carbons (Fsp3) is 0.433. The van der Waals surface area contributed by atoms with E-state index in [9.17, 15) is 14.7 Å². The summed E-state index contributed by atoms with van der Waals surface area (Å²) in [5, 5.41) is 13.5. The second kappa shape index (κ2) is 15.0. The SMILES string of the molecule is CCCCC(OCc1ccc(C(=O)NC(CCSC)C(=O)O)c(-c2ccccc2C)c1)c1cnc(CC)s1. The first-order chi connectivity index (χ1) is 18.4. The molecule has 8 heteroatoms. The molecule has 0 aliphatic heterocycles. The number of carbonyl (C=O) groups is 2. The van der Waals surface area contributed by atoms with Crippen molar-refractivity contribution in [2.45, 2.75) is 71.6 Å². The van der Waals surface area contributed by atoms with E-state index in [1.54, 1.807) is 29.2 Å². The van der Waals surface area contributed by atoms with Crippen molar-refractivity contribution in [3.8, 4) is 11.1 Å². The summed E-state index contributed by atoms with van der Waals surface area (Å²) < 4.78 is 6.43. The van der Waals surface area contributed by atoms with Gasteiger partial charge in [0.25, 0.3) is 5.91 Å². The maximum atomic E-state index is 13.3. The Labute approximate surface area is 234 Å². The molecule has 2 atom stereocenters. The molecule has 6 nitrogen and oxygen atoms in total. The van der Waals surface area contributed by atoms with Crippen molar-refractivity contribution in [3.05, 3.63) is 75.2 Å². The van der Waals surface area contributed by atoms with Crippen molar-refractivity contribution in [2.75, 3.05) is 12.0 Å². The largest absolute Gasteiger partial charge is 0.480 e. The van der Waals surface area contributed by atoms with Crippen molar-refractivity contribution < 1.29 is 19.4 Å². The minimum Gasteiger partial charge on any atom is -0.480 e. The van der Waals surface area contributed by atoms with E-state index in [0.717, 1.165) is 57.8 Å². The quantitative estimate of drug-likeness (QED) is 0.209. The number of carboxylic acid groups (broad SMARTS) is 1. The van der Waals surface area contributed by atoms with E-state index in [2.05, 4.69) is 24.1 Å². The van der Waals surface area contributed by atoms with Gasteiger partial charge in [-0.05, 0) is 72.6 Å². The first-order valence-corrected chi connectivity index (χ1v) is 15.4. The van der Waals surface area contributed by atoms with Gasteiger partial charge < -0.3 is 15.2 Å². The second-order valence-corrected chi connectivity index (χ2v) is 11.4. The Kier molecular flexibility index (Phi) is 11.8. The molecule has 0 saturated heterocycles. The number of nitrogens with zero attached hydrogens (tertiary/aromatic N) is 1. The van der Waals surface area contributed by atoms with Gasteiger partial charge in [-0.3, -0.25) is 4.79 Å². The molecule has 3 rings (SSSR count). The van der Waals surface area contributed by atoms with Crippen LogP contribution in [-0.4, -0.2) is 40.0 Å². The summed E-state index contributed by atoms with van der Waals surface area (Å²) in [6.07, 6.45) is 8.20. The number of aromatic nitrogens is 1. The van der Waals surface area contributed by atoms with E-state index in [4.69, 9.17) is 4.74 Å². The maximum Gasteiger partial charge on any atom is 0.326 e. The molecule has 38 heavy (non-hydrogen) atoms. The molecule has 0 radical (unpaired) electrons. The first-order valence-electron chi connectivity index (χ1n) is 13.2. The molecule has 0 saturated carbocycles. The number of carboxylic acids is 1. The molecule has 2 unspecified atom stereocenters. The van der Waals surface area contributed by atoms with Crippen LogP contribution in [0.4, 0.5) is 0 Å². The van der Waals surface area contributed by atoms with Gasteiger partial charge in [-0.2, -0.15) is 11.8 Å². The summed E-state index contributed by atoms with van der Waals surface area (Å²) in [6, 6.07) is 12.6. The fourth-order valence-electron chi connectivity index (χ4n) is 4.24. The predicted octanol–water partition coefficient (Wildman–Crippen LogP) is 7.07. The lowest BCUT2D eigenvalue weighted by atomic mass is 9.93. The van der Waals surface area contributed by atoms with E-state index in [1.165, 1.54) is 0 Å². The number of benzene rings is 2. The molecule has 1 aromatic heterocycles. The van der Waals surface area contributed by atoms with Crippen LogP contribution in [0.25, 0.3) is 11.1 Å². The third kappa shape index (κ3) is 8.16. The van der Waals surface area contributed by atoms with Gasteiger partial charge in [-0.1, -0.05) is 57.0 Å². The minimum atomic E-state index is -1.03. The third-order valence-electron chi connectivity index (χ3n) is 6.44. The van der Waals surface area contributed by atoms with Crippen LogP contribution >= 0.6 is 23.1 Å². The molecule has 1 heterocycles. The average molecular weight is 555 g/mol. The molecule has 1 amide bonds. The normalized spacial score (nSPS) is 12.7. The molecule has 0 fully saturated rings. The zero-order valence-corrected chi connectivity index (χ0v) is 24.3. The Morgan fingerprint density at radius 1 is 1.13 bits per heavy atom. The van der Waals surface area contributed by atoms with Crippen LogP contribution in [-0.2, 0) is 22.6 Å². The van der Waals surface area contributed by atoms with Crippen LogP contribution in [0.1, 0.15) is 77.0 Å². The summed E-state index contributed by atoms with van der Waals surface area (Å²) >= 11 is 3.27. The standard InChI is InChI=1S/C30H38N2O4S2/c1-5-7-12-26(27-18-31-28(6-2)38-27)36-19-21-13-14-23(24(17-21)22-11-9-8-10-20(22)3)29(33)32-25(30(34)35)15-16-37-4/h8-11,13-14,17-18,25-26H,5-7,12,15-16,19H2,1-4H3,(H,32,33)(H,34,35). The van der Waals surface area contributed by atoms with E-state index >= 15 is 0 Å². The maximum absolute atomic E-state index is 13.3. The van der Waals surface area contributed by atoms with Gasteiger partial charge in [0.15, 0.2) is 0 Å². The number of aliphatic carboxylic acids is 1. The number of thiazole rings is 1. The molecule has 3 aromatic rings. The molecule has 0 aliphatic carbocycles. The van der Waals surface area contributed by atoms with Crippen LogP contribution in [0.15, 0.2) is 48.7 Å². The lowest BCUT2D eigenvalue weighted by Gasteiger charge is -2.19. The van der Waals surface area contributed by atoms with Gasteiger partial charge in [0, 0.05) is 11.8 Å². The van der Waals surface area contributed by atoms with Crippen molar-refractivity contribution in [3.63, 3.8) is 0 Å². The van der Waals surface area contributed by atoms with Gasteiger partial charge in [0.05, 0.1) is 22.6 Å². The highest BCUT2D eigenvalue weighted by molar-refractivity contribution is 7.98. The summed E-state index contributed by atoms with van der Waals surface area (Å²) in [5.74, 6) is -0.763. The molecule has 0 aliphatic rings. The van der Waals surface area contributed by atoms with Crippen LogP contribution in [0.2, 0.25) is 0 Å². The van der Waals surface area contributed by atoms with Crippen molar-refractivity contribution >= 4 is 35.0 Å². The molecule has 2 aromatic carbocycles. The molecule has 0 spiro atoms. The lowest BCUT2D eigenvalue weighted by Crippen LogP contribution is -2.41. The molecular weight excluding hydrogens is 516 g/mol. The second-order valence-electron chi connectivity index (χ2n) is 9.29. The Morgan fingerprint density at radius 3 is 2.58 bits per heavy atom. The number of amides is 1. The summed E-state index contributed by atoms with van der Waals surface area (Å²) in [6.45, 7) is 6.70. The average Bonchev–Trinajstić information content (AvgIpc) is 3.40. The number of carbonyl (C=O) groups excluding carboxylic acids is 1. The molecule has 2 N–H and O–H groups in total. The van der Waals surface area contributed by atoms with Crippen molar-refractivity contribution in [1.29, 1.82) is 0 Å². The van der Waals surface area contributed by atoms with Crippen LogP contribution < -0.4 is 5.32 Å². The van der Waals surface area contributed by atoms with E-state index in [-0.39, 0.29) is 12.0 Å². The monoisotopic (exact) mass is 554 g/mol. The summed E-state index contributed by atoms with van der Waals surface area (Å²) in [7, 11) is 0. The smallest absolute Gasteiger partial charge is 0.326 e. The van der Waals surface area contributed by atoms with Crippen LogP contribution in [0.3, 0.4) is 0 Å². The zero-order chi connectivity index (χ0) is 27.5. The number of nitrogens with one attached hydrogen (secondary N) is 1. The van der Waals surface area contributed by atoms with E-state index in [0.29, 0.717) is 24.3 Å². The Morgan fingerprint density at radius 2 is 1.92 bits per heavy atom. The number of rotatable bonds is 15. The fourth-order valence-corrected chi connectivity index (χ4v) is 5.65. The lowest BCUT2D eigenvalue weighted by molar-refractivity contribution is -0.139.